The van der Waals surface area contributed by atoms with Gasteiger partial charge < -0.3 is 10.1 Å². The second-order valence-corrected chi connectivity index (χ2v) is 6.57. The van der Waals surface area contributed by atoms with E-state index in [0.717, 1.165) is 40.3 Å². The first-order chi connectivity index (χ1) is 10.6. The molecule has 0 saturated heterocycles. The molecule has 22 heavy (non-hydrogen) atoms. The van der Waals surface area contributed by atoms with Crippen LogP contribution in [0.5, 0.6) is 5.75 Å². The van der Waals surface area contributed by atoms with Gasteiger partial charge in [-0.2, -0.15) is 0 Å². The van der Waals surface area contributed by atoms with Crippen LogP contribution in [0.4, 0.5) is 5.82 Å². The maximum absolute atomic E-state index is 5.73. The zero-order valence-corrected chi connectivity index (χ0v) is 14.4. The number of hydrogen-bond donors (Lipinski definition) is 1. The molecule has 0 fully saturated rings. The molecule has 2 aromatic rings. The lowest BCUT2D eigenvalue weighted by atomic mass is 10.1. The molecule has 0 radical (unpaired) electrons. The minimum Gasteiger partial charge on any atom is -0.494 e. The summed E-state index contributed by atoms with van der Waals surface area (Å²) in [5.74, 6) is 2.41. The molecule has 1 aromatic heterocycles. The zero-order valence-electron chi connectivity index (χ0n) is 13.6. The molecule has 1 heterocycles. The van der Waals surface area contributed by atoms with Gasteiger partial charge in [0, 0.05) is 23.7 Å². The normalized spacial score (nSPS) is 10.8. The van der Waals surface area contributed by atoms with Crippen molar-refractivity contribution < 1.29 is 4.74 Å². The summed E-state index contributed by atoms with van der Waals surface area (Å²) >= 11 is 1.55. The number of nitrogens with one attached hydrogen (secondary N) is 1. The van der Waals surface area contributed by atoms with Crippen LogP contribution in [0.1, 0.15) is 26.0 Å². The fourth-order valence-corrected chi connectivity index (χ4v) is 2.65. The van der Waals surface area contributed by atoms with E-state index < -0.39 is 0 Å². The summed E-state index contributed by atoms with van der Waals surface area (Å²) < 4.78 is 5.73. The fourth-order valence-electron chi connectivity index (χ4n) is 1.84. The van der Waals surface area contributed by atoms with E-state index in [0.29, 0.717) is 5.92 Å². The highest BCUT2D eigenvalue weighted by atomic mass is 32.2. The number of hydrogen-bond acceptors (Lipinski definition) is 5. The second kappa shape index (κ2) is 8.03. The van der Waals surface area contributed by atoms with Gasteiger partial charge in [0.25, 0.3) is 0 Å². The monoisotopic (exact) mass is 317 g/mol. The van der Waals surface area contributed by atoms with E-state index in [1.54, 1.807) is 11.8 Å². The van der Waals surface area contributed by atoms with Crippen molar-refractivity contribution in [3.8, 4) is 5.75 Å². The number of anilines is 1. The molecule has 0 saturated carbocycles. The number of benzene rings is 1. The maximum atomic E-state index is 5.73. The summed E-state index contributed by atoms with van der Waals surface area (Å²) in [6, 6.07) is 10.0. The van der Waals surface area contributed by atoms with Gasteiger partial charge in [-0.1, -0.05) is 13.8 Å². The predicted octanol–water partition coefficient (Wildman–Crippen LogP) is 4.40. The quantitative estimate of drug-likeness (QED) is 0.767. The highest BCUT2D eigenvalue weighted by Crippen LogP contribution is 2.27. The summed E-state index contributed by atoms with van der Waals surface area (Å²) in [6.45, 7) is 7.13. The molecule has 0 aliphatic heterocycles. The standard InChI is InChI=1S/C17H23N3OS/c1-12(2)9-10-21-14-5-7-15(8-6-14)22-17-19-13(3)11-16(18-4)20-17/h5-8,11-12H,9-10H2,1-4H3,(H,18,19,20). The third-order valence-electron chi connectivity index (χ3n) is 3.09. The number of aryl methyl sites for hydroxylation is 1. The highest BCUT2D eigenvalue weighted by Gasteiger charge is 2.04. The van der Waals surface area contributed by atoms with Crippen LogP contribution < -0.4 is 10.1 Å². The minimum absolute atomic E-state index is 0.662. The third-order valence-corrected chi connectivity index (χ3v) is 3.96. The van der Waals surface area contributed by atoms with Crippen LogP contribution >= 0.6 is 11.8 Å². The Morgan fingerprint density at radius 2 is 1.91 bits per heavy atom. The molecule has 0 spiro atoms. The Morgan fingerprint density at radius 1 is 1.18 bits per heavy atom. The summed E-state index contributed by atoms with van der Waals surface area (Å²) in [4.78, 5) is 10.00. The van der Waals surface area contributed by atoms with Crippen LogP contribution in [0, 0.1) is 12.8 Å². The molecule has 1 N–H and O–H groups in total. The smallest absolute Gasteiger partial charge is 0.194 e. The van der Waals surface area contributed by atoms with E-state index in [1.165, 1.54) is 0 Å². The summed E-state index contributed by atoms with van der Waals surface area (Å²) in [5, 5.41) is 3.80. The van der Waals surface area contributed by atoms with Gasteiger partial charge in [0.2, 0.25) is 0 Å². The Kier molecular flexibility index (Phi) is 6.07. The van der Waals surface area contributed by atoms with Crippen molar-refractivity contribution >= 4 is 17.6 Å². The minimum atomic E-state index is 0.662. The first-order valence-electron chi connectivity index (χ1n) is 7.51. The molecule has 0 aliphatic carbocycles. The Labute approximate surface area is 136 Å². The van der Waals surface area contributed by atoms with Gasteiger partial charge in [-0.25, -0.2) is 9.97 Å². The van der Waals surface area contributed by atoms with Crippen LogP contribution in [-0.4, -0.2) is 23.6 Å². The van der Waals surface area contributed by atoms with Gasteiger partial charge in [-0.05, 0) is 55.3 Å². The van der Waals surface area contributed by atoms with Crippen LogP contribution in [0.25, 0.3) is 0 Å². The van der Waals surface area contributed by atoms with Crippen LogP contribution in [-0.2, 0) is 0 Å². The van der Waals surface area contributed by atoms with E-state index in [9.17, 15) is 0 Å². The van der Waals surface area contributed by atoms with E-state index >= 15 is 0 Å². The van der Waals surface area contributed by atoms with Crippen LogP contribution in [0.3, 0.4) is 0 Å². The predicted molar refractivity (Wildman–Crippen MR) is 91.8 cm³/mol. The largest absolute Gasteiger partial charge is 0.494 e. The van der Waals surface area contributed by atoms with Gasteiger partial charge in [0.05, 0.1) is 6.61 Å². The molecule has 0 bridgehead atoms. The van der Waals surface area contributed by atoms with Crippen molar-refractivity contribution in [1.29, 1.82) is 0 Å². The van der Waals surface area contributed by atoms with Gasteiger partial charge in [-0.15, -0.1) is 0 Å². The fraction of sp³-hybridized carbons (Fsp3) is 0.412. The number of nitrogens with zero attached hydrogens (tertiary/aromatic N) is 2. The molecule has 118 valence electrons. The molecule has 0 aliphatic rings. The number of aromatic nitrogens is 2. The summed E-state index contributed by atoms with van der Waals surface area (Å²) in [5.41, 5.74) is 0.954. The SMILES string of the molecule is CNc1cc(C)nc(Sc2ccc(OCCC(C)C)cc2)n1. The van der Waals surface area contributed by atoms with Crippen molar-refractivity contribution in [3.05, 3.63) is 36.0 Å². The Morgan fingerprint density at radius 3 is 2.55 bits per heavy atom. The Bertz CT molecular complexity index is 599. The lowest BCUT2D eigenvalue weighted by molar-refractivity contribution is 0.289. The molecule has 2 rings (SSSR count). The molecule has 4 nitrogen and oxygen atoms in total. The van der Waals surface area contributed by atoms with E-state index in [1.807, 2.05) is 44.3 Å². The molecular weight excluding hydrogens is 294 g/mol. The first kappa shape index (κ1) is 16.6. The first-order valence-corrected chi connectivity index (χ1v) is 8.32. The van der Waals surface area contributed by atoms with Crippen molar-refractivity contribution in [2.75, 3.05) is 19.0 Å². The van der Waals surface area contributed by atoms with Crippen LogP contribution in [0.15, 0.2) is 40.4 Å². The van der Waals surface area contributed by atoms with Crippen molar-refractivity contribution in [2.24, 2.45) is 5.92 Å². The van der Waals surface area contributed by atoms with Crippen molar-refractivity contribution in [1.82, 2.24) is 9.97 Å². The molecule has 0 atom stereocenters. The zero-order chi connectivity index (χ0) is 15.9. The van der Waals surface area contributed by atoms with E-state index in [-0.39, 0.29) is 0 Å². The Balaban J connectivity index is 1.97. The van der Waals surface area contributed by atoms with Gasteiger partial charge >= 0.3 is 0 Å². The summed E-state index contributed by atoms with van der Waals surface area (Å²) in [6.07, 6.45) is 1.07. The number of ether oxygens (including phenoxy) is 1. The second-order valence-electron chi connectivity index (χ2n) is 5.53. The van der Waals surface area contributed by atoms with Gasteiger partial charge in [0.15, 0.2) is 5.16 Å². The molecular formula is C17H23N3OS. The highest BCUT2D eigenvalue weighted by molar-refractivity contribution is 7.99. The summed E-state index contributed by atoms with van der Waals surface area (Å²) in [7, 11) is 1.86. The molecule has 1 aromatic carbocycles. The maximum Gasteiger partial charge on any atom is 0.194 e. The third kappa shape index (κ3) is 5.22. The van der Waals surface area contributed by atoms with Gasteiger partial charge in [0.1, 0.15) is 11.6 Å². The molecule has 5 heteroatoms. The molecule has 0 unspecified atom stereocenters. The topological polar surface area (TPSA) is 47.0 Å². The van der Waals surface area contributed by atoms with E-state index in [2.05, 4.69) is 29.1 Å². The average Bonchev–Trinajstić information content (AvgIpc) is 2.48. The lowest BCUT2D eigenvalue weighted by Crippen LogP contribution is -2.01. The average molecular weight is 317 g/mol. The van der Waals surface area contributed by atoms with E-state index in [4.69, 9.17) is 4.74 Å². The van der Waals surface area contributed by atoms with Crippen LogP contribution in [0.2, 0.25) is 0 Å². The van der Waals surface area contributed by atoms with Crippen molar-refractivity contribution in [3.63, 3.8) is 0 Å². The number of rotatable bonds is 7. The van der Waals surface area contributed by atoms with Crippen molar-refractivity contribution in [2.45, 2.75) is 37.2 Å². The van der Waals surface area contributed by atoms with Gasteiger partial charge in [-0.3, -0.25) is 0 Å². The molecule has 0 amide bonds. The lowest BCUT2D eigenvalue weighted by Gasteiger charge is -2.09. The Hall–Kier alpha value is -1.75.